The number of carbonyl (C=O) groups excluding carboxylic acids is 2. The number of nitro benzene ring substituents is 1. The fraction of sp³-hybridized carbons (Fsp3) is 0.375. The molecule has 0 aromatic heterocycles. The first kappa shape index (κ1) is 31.7. The Kier molecular flexibility index (Phi) is 10.9. The molecule has 0 aliphatic heterocycles. The van der Waals surface area contributed by atoms with Crippen molar-refractivity contribution in [1.29, 1.82) is 0 Å². The topological polar surface area (TPSA) is 130 Å². The average Bonchev–Trinajstić information content (AvgIpc) is 3.03. The summed E-state index contributed by atoms with van der Waals surface area (Å²) in [5, 5.41) is 14.7. The largest absolute Gasteiger partial charge is 0.352 e. The number of non-ortho nitro benzene ring substituents is 1. The number of anilines is 1. The molecule has 228 valence electrons. The SMILES string of the molecule is CC[C@@H](C(=O)NC1CCCCC1)N(CCc1ccccc1)C(=O)CN(c1cccc([N+](=O)[O-])c1)S(=O)(=O)c1ccccc1. The molecule has 0 saturated heterocycles. The average molecular weight is 607 g/mol. The Morgan fingerprint density at radius 1 is 0.953 bits per heavy atom. The lowest BCUT2D eigenvalue weighted by Gasteiger charge is -2.34. The molecule has 1 aliphatic rings. The van der Waals surface area contributed by atoms with Gasteiger partial charge in [0.15, 0.2) is 0 Å². The molecule has 1 N–H and O–H groups in total. The van der Waals surface area contributed by atoms with Gasteiger partial charge in [-0.05, 0) is 49.4 Å². The number of hydrogen-bond acceptors (Lipinski definition) is 6. The van der Waals surface area contributed by atoms with Crippen molar-refractivity contribution in [2.75, 3.05) is 17.4 Å². The summed E-state index contributed by atoms with van der Waals surface area (Å²) in [4.78, 5) is 40.0. The summed E-state index contributed by atoms with van der Waals surface area (Å²) >= 11 is 0. The maximum absolute atomic E-state index is 14.1. The highest BCUT2D eigenvalue weighted by Crippen LogP contribution is 2.28. The van der Waals surface area contributed by atoms with Crippen LogP contribution < -0.4 is 9.62 Å². The summed E-state index contributed by atoms with van der Waals surface area (Å²) in [6, 6.07) is 21.6. The van der Waals surface area contributed by atoms with Gasteiger partial charge in [0, 0.05) is 24.7 Å². The summed E-state index contributed by atoms with van der Waals surface area (Å²) in [6.07, 6.45) is 5.77. The van der Waals surface area contributed by atoms with Crippen LogP contribution >= 0.6 is 0 Å². The van der Waals surface area contributed by atoms with Crippen molar-refractivity contribution in [1.82, 2.24) is 10.2 Å². The van der Waals surface area contributed by atoms with Gasteiger partial charge in [0.25, 0.3) is 15.7 Å². The van der Waals surface area contributed by atoms with Crippen molar-refractivity contribution >= 4 is 33.2 Å². The molecule has 0 unspecified atom stereocenters. The number of amides is 2. The smallest absolute Gasteiger partial charge is 0.271 e. The first-order valence-electron chi connectivity index (χ1n) is 14.7. The summed E-state index contributed by atoms with van der Waals surface area (Å²) in [6.45, 7) is 1.38. The van der Waals surface area contributed by atoms with E-state index in [-0.39, 0.29) is 34.8 Å². The van der Waals surface area contributed by atoms with Gasteiger partial charge in [-0.1, -0.05) is 80.8 Å². The van der Waals surface area contributed by atoms with Crippen LogP contribution in [0.1, 0.15) is 51.0 Å². The molecule has 0 radical (unpaired) electrons. The molecule has 1 fully saturated rings. The van der Waals surface area contributed by atoms with Gasteiger partial charge in [-0.3, -0.25) is 24.0 Å². The van der Waals surface area contributed by atoms with E-state index in [1.165, 1.54) is 35.2 Å². The van der Waals surface area contributed by atoms with E-state index in [0.29, 0.717) is 12.8 Å². The van der Waals surface area contributed by atoms with E-state index in [4.69, 9.17) is 0 Å². The van der Waals surface area contributed by atoms with Gasteiger partial charge in [-0.2, -0.15) is 0 Å². The number of carbonyl (C=O) groups is 2. The quantitative estimate of drug-likeness (QED) is 0.213. The molecular weight excluding hydrogens is 568 g/mol. The second kappa shape index (κ2) is 14.8. The minimum Gasteiger partial charge on any atom is -0.352 e. The number of nitrogens with one attached hydrogen (secondary N) is 1. The predicted octanol–water partition coefficient (Wildman–Crippen LogP) is 5.09. The number of sulfonamides is 1. The predicted molar refractivity (Wildman–Crippen MR) is 165 cm³/mol. The molecule has 1 saturated carbocycles. The standard InChI is InChI=1S/C32H38N4O6S/c1-2-30(32(38)33-26-15-8-4-9-16-26)34(22-21-25-13-6-3-7-14-25)31(37)24-35(27-17-12-18-28(23-27)36(39)40)43(41,42)29-19-10-5-11-20-29/h3,5-7,10-14,17-20,23,26,30H,2,4,8-9,15-16,21-22,24H2,1H3,(H,33,38)/t30-/m0/s1. The lowest BCUT2D eigenvalue weighted by molar-refractivity contribution is -0.384. The van der Waals surface area contributed by atoms with Gasteiger partial charge in [-0.25, -0.2) is 8.42 Å². The molecular formula is C32H38N4O6S. The van der Waals surface area contributed by atoms with Crippen molar-refractivity contribution in [3.05, 3.63) is 101 Å². The third kappa shape index (κ3) is 8.19. The van der Waals surface area contributed by atoms with Gasteiger partial charge in [-0.15, -0.1) is 0 Å². The number of hydrogen-bond donors (Lipinski definition) is 1. The highest BCUT2D eigenvalue weighted by molar-refractivity contribution is 7.92. The van der Waals surface area contributed by atoms with E-state index < -0.39 is 33.4 Å². The molecule has 0 bridgehead atoms. The van der Waals surface area contributed by atoms with E-state index in [9.17, 15) is 28.1 Å². The molecule has 1 atom stereocenters. The van der Waals surface area contributed by atoms with Crippen LogP contribution in [0.3, 0.4) is 0 Å². The zero-order valence-corrected chi connectivity index (χ0v) is 25.1. The van der Waals surface area contributed by atoms with Crippen molar-refractivity contribution in [3.63, 3.8) is 0 Å². The summed E-state index contributed by atoms with van der Waals surface area (Å²) in [5.74, 6) is -0.837. The lowest BCUT2D eigenvalue weighted by atomic mass is 9.95. The Morgan fingerprint density at radius 2 is 1.60 bits per heavy atom. The summed E-state index contributed by atoms with van der Waals surface area (Å²) in [7, 11) is -4.30. The highest BCUT2D eigenvalue weighted by atomic mass is 32.2. The molecule has 4 rings (SSSR count). The fourth-order valence-corrected chi connectivity index (χ4v) is 6.88. The Labute approximate surface area is 252 Å². The Bertz CT molecular complexity index is 1490. The fourth-order valence-electron chi connectivity index (χ4n) is 5.45. The molecule has 1 aliphatic carbocycles. The monoisotopic (exact) mass is 606 g/mol. The molecule has 3 aromatic carbocycles. The van der Waals surface area contributed by atoms with Crippen molar-refractivity contribution in [2.24, 2.45) is 0 Å². The minimum absolute atomic E-state index is 0.0193. The zero-order chi connectivity index (χ0) is 30.8. The molecule has 3 aromatic rings. The van der Waals surface area contributed by atoms with Gasteiger partial charge in [0.2, 0.25) is 11.8 Å². The lowest BCUT2D eigenvalue weighted by Crippen LogP contribution is -2.54. The van der Waals surface area contributed by atoms with Gasteiger partial charge in [0.1, 0.15) is 12.6 Å². The molecule has 11 heteroatoms. The minimum atomic E-state index is -4.30. The number of nitro groups is 1. The van der Waals surface area contributed by atoms with Gasteiger partial charge in [0.05, 0.1) is 15.5 Å². The van der Waals surface area contributed by atoms with Crippen LogP contribution in [0, 0.1) is 10.1 Å². The first-order valence-corrected chi connectivity index (χ1v) is 16.1. The van der Waals surface area contributed by atoms with Crippen molar-refractivity contribution in [3.8, 4) is 0 Å². The molecule has 2 amide bonds. The molecule has 0 spiro atoms. The van der Waals surface area contributed by atoms with E-state index in [1.807, 2.05) is 37.3 Å². The highest BCUT2D eigenvalue weighted by Gasteiger charge is 2.34. The van der Waals surface area contributed by atoms with E-state index in [0.717, 1.165) is 48.0 Å². The first-order chi connectivity index (χ1) is 20.7. The Morgan fingerprint density at radius 3 is 2.23 bits per heavy atom. The van der Waals surface area contributed by atoms with E-state index >= 15 is 0 Å². The van der Waals surface area contributed by atoms with Crippen molar-refractivity contribution < 1.29 is 22.9 Å². The number of benzene rings is 3. The van der Waals surface area contributed by atoms with Crippen LogP contribution in [0.15, 0.2) is 89.8 Å². The van der Waals surface area contributed by atoms with Crippen molar-refractivity contribution in [2.45, 2.75) is 68.8 Å². The van der Waals surface area contributed by atoms with Crippen LogP contribution in [0.25, 0.3) is 0 Å². The summed E-state index contributed by atoms with van der Waals surface area (Å²) in [5.41, 5.74) is 0.641. The number of nitrogens with zero attached hydrogens (tertiary/aromatic N) is 3. The van der Waals surface area contributed by atoms with Gasteiger partial charge < -0.3 is 10.2 Å². The Hall–Kier alpha value is -4.25. The maximum Gasteiger partial charge on any atom is 0.271 e. The van der Waals surface area contributed by atoms with Crippen LogP contribution in [-0.4, -0.2) is 55.2 Å². The second-order valence-corrected chi connectivity index (χ2v) is 12.6. The van der Waals surface area contributed by atoms with E-state index in [2.05, 4.69) is 5.32 Å². The number of rotatable bonds is 13. The van der Waals surface area contributed by atoms with Crippen LogP contribution in [0.5, 0.6) is 0 Å². The van der Waals surface area contributed by atoms with E-state index in [1.54, 1.807) is 18.2 Å². The zero-order valence-electron chi connectivity index (χ0n) is 24.3. The Balaban J connectivity index is 1.69. The normalized spacial score (nSPS) is 14.4. The molecule has 43 heavy (non-hydrogen) atoms. The maximum atomic E-state index is 14.1. The van der Waals surface area contributed by atoms with Gasteiger partial charge >= 0.3 is 0 Å². The van der Waals surface area contributed by atoms with Crippen LogP contribution in [0.2, 0.25) is 0 Å². The second-order valence-electron chi connectivity index (χ2n) is 10.7. The van der Waals surface area contributed by atoms with Crippen LogP contribution in [-0.2, 0) is 26.0 Å². The molecule has 0 heterocycles. The third-order valence-corrected chi connectivity index (χ3v) is 9.55. The van der Waals surface area contributed by atoms with Crippen LogP contribution in [0.4, 0.5) is 11.4 Å². The summed E-state index contributed by atoms with van der Waals surface area (Å²) < 4.78 is 28.7. The molecule has 10 nitrogen and oxygen atoms in total. The third-order valence-electron chi connectivity index (χ3n) is 7.76.